The summed E-state index contributed by atoms with van der Waals surface area (Å²) in [5.41, 5.74) is 11.1. The summed E-state index contributed by atoms with van der Waals surface area (Å²) in [7, 11) is -3.72. The summed E-state index contributed by atoms with van der Waals surface area (Å²) < 4.78 is 26.1. The maximum absolute atomic E-state index is 11.9. The van der Waals surface area contributed by atoms with E-state index in [0.717, 1.165) is 0 Å². The lowest BCUT2D eigenvalue weighted by Crippen LogP contribution is -2.28. The molecule has 0 spiro atoms. The Hall–Kier alpha value is -1.31. The number of nitrogens with two attached hydrogens (primary N) is 2. The average Bonchev–Trinajstić information content (AvgIpc) is 2.22. The van der Waals surface area contributed by atoms with Crippen LogP contribution in [0.15, 0.2) is 17.0 Å². The molecule has 0 saturated carbocycles. The first kappa shape index (κ1) is 14.7. The first-order valence-corrected chi connectivity index (χ1v) is 6.93. The highest BCUT2D eigenvalue weighted by Gasteiger charge is 2.18. The van der Waals surface area contributed by atoms with Crippen LogP contribution >= 0.6 is 11.6 Å². The number of anilines is 1. The largest absolute Gasteiger partial charge is 0.397 e. The lowest BCUT2D eigenvalue weighted by molar-refractivity contribution is -0.117. The van der Waals surface area contributed by atoms with E-state index in [-0.39, 0.29) is 23.5 Å². The third-order valence-corrected chi connectivity index (χ3v) is 4.18. The van der Waals surface area contributed by atoms with E-state index in [0.29, 0.717) is 10.6 Å². The first-order chi connectivity index (χ1) is 8.24. The number of aryl methyl sites for hydroxylation is 1. The third kappa shape index (κ3) is 3.59. The summed E-state index contributed by atoms with van der Waals surface area (Å²) in [6.45, 7) is 1.55. The van der Waals surface area contributed by atoms with Gasteiger partial charge in [0.15, 0.2) is 0 Å². The molecule has 0 radical (unpaired) electrons. The number of hydrogen-bond donors (Lipinski definition) is 3. The fraction of sp³-hybridized carbons (Fsp3) is 0.300. The maximum Gasteiger partial charge on any atom is 0.240 e. The molecule has 0 heterocycles. The molecule has 1 aromatic carbocycles. The monoisotopic (exact) mass is 291 g/mol. The summed E-state index contributed by atoms with van der Waals surface area (Å²) in [6.07, 6.45) is -0.0681. The zero-order valence-corrected chi connectivity index (χ0v) is 11.3. The van der Waals surface area contributed by atoms with Gasteiger partial charge in [0.2, 0.25) is 15.9 Å². The fourth-order valence-electron chi connectivity index (χ4n) is 1.34. The van der Waals surface area contributed by atoms with Crippen molar-refractivity contribution in [1.29, 1.82) is 0 Å². The van der Waals surface area contributed by atoms with Crippen LogP contribution in [0.25, 0.3) is 0 Å². The average molecular weight is 292 g/mol. The topological polar surface area (TPSA) is 115 Å². The Morgan fingerprint density at radius 1 is 1.44 bits per heavy atom. The molecular formula is C10H14ClN3O3S. The van der Waals surface area contributed by atoms with Crippen molar-refractivity contribution < 1.29 is 13.2 Å². The summed E-state index contributed by atoms with van der Waals surface area (Å²) in [5.74, 6) is -0.579. The second kappa shape index (κ2) is 5.55. The van der Waals surface area contributed by atoms with E-state index in [1.807, 2.05) is 0 Å². The van der Waals surface area contributed by atoms with Gasteiger partial charge in [0.1, 0.15) is 0 Å². The van der Waals surface area contributed by atoms with Crippen molar-refractivity contribution in [2.24, 2.45) is 5.73 Å². The number of amides is 1. The van der Waals surface area contributed by atoms with E-state index in [2.05, 4.69) is 4.72 Å². The normalized spacial score (nSPS) is 11.4. The van der Waals surface area contributed by atoms with Crippen LogP contribution in [0.1, 0.15) is 12.0 Å². The van der Waals surface area contributed by atoms with Crippen molar-refractivity contribution in [3.63, 3.8) is 0 Å². The molecule has 5 N–H and O–H groups in total. The van der Waals surface area contributed by atoms with E-state index >= 15 is 0 Å². The van der Waals surface area contributed by atoms with Gasteiger partial charge in [0.25, 0.3) is 0 Å². The Morgan fingerprint density at radius 3 is 2.61 bits per heavy atom. The van der Waals surface area contributed by atoms with Crippen molar-refractivity contribution in [1.82, 2.24) is 4.72 Å². The zero-order valence-electron chi connectivity index (χ0n) is 9.73. The SMILES string of the molecule is Cc1cc(Cl)c(N)cc1S(=O)(=O)NCCC(N)=O. The number of carbonyl (C=O) groups excluding carboxylic acids is 1. The van der Waals surface area contributed by atoms with Crippen molar-refractivity contribution in [2.45, 2.75) is 18.2 Å². The number of benzene rings is 1. The number of primary amides is 1. The molecule has 0 aliphatic heterocycles. The van der Waals surface area contributed by atoms with Gasteiger partial charge < -0.3 is 11.5 Å². The van der Waals surface area contributed by atoms with Crippen molar-refractivity contribution in [3.8, 4) is 0 Å². The Bertz CT molecular complexity index is 572. The molecule has 18 heavy (non-hydrogen) atoms. The molecule has 1 rings (SSSR count). The Kier molecular flexibility index (Phi) is 4.55. The van der Waals surface area contributed by atoms with Crippen LogP contribution in [0.2, 0.25) is 5.02 Å². The standard InChI is InChI=1S/C10H14ClN3O3S/c1-6-4-7(11)8(12)5-9(6)18(16,17)14-3-2-10(13)15/h4-5,14H,2-3,12H2,1H3,(H2,13,15). The Balaban J connectivity index is 2.98. The van der Waals surface area contributed by atoms with E-state index in [4.69, 9.17) is 23.1 Å². The molecule has 0 fully saturated rings. The summed E-state index contributed by atoms with van der Waals surface area (Å²) >= 11 is 5.78. The van der Waals surface area contributed by atoms with Gasteiger partial charge >= 0.3 is 0 Å². The number of nitrogens with one attached hydrogen (secondary N) is 1. The molecule has 0 saturated heterocycles. The van der Waals surface area contributed by atoms with Gasteiger partial charge in [-0.15, -0.1) is 0 Å². The van der Waals surface area contributed by atoms with Gasteiger partial charge in [-0.1, -0.05) is 11.6 Å². The van der Waals surface area contributed by atoms with Crippen LogP contribution in [-0.4, -0.2) is 20.9 Å². The lowest BCUT2D eigenvalue weighted by Gasteiger charge is -2.10. The molecule has 1 amide bonds. The number of sulfonamides is 1. The highest BCUT2D eigenvalue weighted by molar-refractivity contribution is 7.89. The molecule has 0 bridgehead atoms. The number of rotatable bonds is 5. The molecule has 0 aliphatic carbocycles. The summed E-state index contributed by atoms with van der Waals surface area (Å²) in [4.78, 5) is 10.6. The number of halogens is 1. The predicted octanol–water partition coefficient (Wildman–Crippen LogP) is 0.384. The minimum Gasteiger partial charge on any atom is -0.397 e. The highest BCUT2D eigenvalue weighted by atomic mass is 35.5. The zero-order chi connectivity index (χ0) is 13.9. The van der Waals surface area contributed by atoms with Gasteiger partial charge in [-0.25, -0.2) is 13.1 Å². The number of hydrogen-bond acceptors (Lipinski definition) is 4. The lowest BCUT2D eigenvalue weighted by atomic mass is 10.2. The molecule has 0 aromatic heterocycles. The van der Waals surface area contributed by atoms with Crippen molar-refractivity contribution in [2.75, 3.05) is 12.3 Å². The van der Waals surface area contributed by atoms with E-state index in [9.17, 15) is 13.2 Å². The smallest absolute Gasteiger partial charge is 0.240 e. The maximum atomic E-state index is 11.9. The number of nitrogen functional groups attached to an aromatic ring is 1. The van der Waals surface area contributed by atoms with Crippen LogP contribution in [-0.2, 0) is 14.8 Å². The van der Waals surface area contributed by atoms with E-state index in [1.54, 1.807) is 6.92 Å². The third-order valence-electron chi connectivity index (χ3n) is 2.25. The minimum absolute atomic E-state index is 0.0360. The van der Waals surface area contributed by atoms with Crippen LogP contribution in [0.3, 0.4) is 0 Å². The molecule has 0 unspecified atom stereocenters. The van der Waals surface area contributed by atoms with Crippen molar-refractivity contribution in [3.05, 3.63) is 22.7 Å². The molecular weight excluding hydrogens is 278 g/mol. The van der Waals surface area contributed by atoms with Gasteiger partial charge in [-0.05, 0) is 24.6 Å². The second-order valence-corrected chi connectivity index (χ2v) is 5.90. The molecule has 8 heteroatoms. The van der Waals surface area contributed by atoms with Gasteiger partial charge in [-0.2, -0.15) is 0 Å². The van der Waals surface area contributed by atoms with Crippen LogP contribution in [0.4, 0.5) is 5.69 Å². The second-order valence-electron chi connectivity index (χ2n) is 3.75. The van der Waals surface area contributed by atoms with Crippen LogP contribution in [0, 0.1) is 6.92 Å². The van der Waals surface area contributed by atoms with Crippen LogP contribution in [0.5, 0.6) is 0 Å². The predicted molar refractivity (Wildman–Crippen MR) is 69.6 cm³/mol. The van der Waals surface area contributed by atoms with E-state index < -0.39 is 15.9 Å². The van der Waals surface area contributed by atoms with Crippen molar-refractivity contribution >= 4 is 33.2 Å². The minimum atomic E-state index is -3.72. The van der Waals surface area contributed by atoms with Gasteiger partial charge in [0, 0.05) is 13.0 Å². The molecule has 6 nitrogen and oxygen atoms in total. The Labute approximate surface area is 110 Å². The first-order valence-electron chi connectivity index (χ1n) is 5.07. The fourth-order valence-corrected chi connectivity index (χ4v) is 2.85. The quantitative estimate of drug-likeness (QED) is 0.680. The number of carbonyl (C=O) groups is 1. The van der Waals surface area contributed by atoms with Gasteiger partial charge in [-0.3, -0.25) is 4.79 Å². The summed E-state index contributed by atoms with van der Waals surface area (Å²) in [5, 5.41) is 0.295. The molecule has 100 valence electrons. The van der Waals surface area contributed by atoms with Gasteiger partial charge in [0.05, 0.1) is 15.6 Å². The molecule has 0 aliphatic rings. The highest BCUT2D eigenvalue weighted by Crippen LogP contribution is 2.25. The Morgan fingerprint density at radius 2 is 2.06 bits per heavy atom. The molecule has 0 atom stereocenters. The molecule has 1 aromatic rings. The van der Waals surface area contributed by atoms with Crippen LogP contribution < -0.4 is 16.2 Å². The summed E-state index contributed by atoms with van der Waals surface area (Å²) in [6, 6.07) is 2.75. The van der Waals surface area contributed by atoms with E-state index in [1.165, 1.54) is 12.1 Å².